The van der Waals surface area contributed by atoms with E-state index in [1.165, 1.54) is 0 Å². The van der Waals surface area contributed by atoms with Gasteiger partial charge in [-0.3, -0.25) is 0 Å². The first-order valence-electron chi connectivity index (χ1n) is 0.716. The Hall–Kier alpha value is 1.21. The smallest absolute Gasteiger partial charge is 0.128 e. The summed E-state index contributed by atoms with van der Waals surface area (Å²) in [5, 5.41) is 0. The molecule has 0 rings (SSSR count). The van der Waals surface area contributed by atoms with E-state index in [1.807, 2.05) is 0 Å². The molecule has 0 aliphatic carbocycles. The van der Waals surface area contributed by atoms with Gasteiger partial charge in [0, 0.05) is 19.5 Å². The van der Waals surface area contributed by atoms with E-state index in [4.69, 9.17) is 5.73 Å². The molecule has 0 heterocycles. The molecule has 0 aromatic rings. The first kappa shape index (κ1) is 15.7. The standard InChI is InChI=1S/CH3NS2.H2S.Zn/c2-1(3)4;;/h(H3,2,3,4);1H2;. The van der Waals surface area contributed by atoms with E-state index in [0.29, 0.717) is 0 Å². The number of thiol groups is 1. The van der Waals surface area contributed by atoms with E-state index in [0.717, 1.165) is 0 Å². The maximum Gasteiger partial charge on any atom is 0.128 e. The second kappa shape index (κ2) is 9.51. The number of hydrogen-bond donors (Lipinski definition) is 2. The molecule has 0 amide bonds. The van der Waals surface area contributed by atoms with Gasteiger partial charge in [0.25, 0.3) is 0 Å². The molecule has 0 radical (unpaired) electrons. The molecular weight excluding hydrogens is 188 g/mol. The average molecular weight is 193 g/mol. The van der Waals surface area contributed by atoms with Crippen molar-refractivity contribution in [2.24, 2.45) is 5.73 Å². The predicted molar refractivity (Wildman–Crippen MR) is 36.2 cm³/mol. The van der Waals surface area contributed by atoms with Gasteiger partial charge >= 0.3 is 0 Å². The van der Waals surface area contributed by atoms with E-state index in [9.17, 15) is 0 Å². The van der Waals surface area contributed by atoms with Gasteiger partial charge in [-0.25, -0.2) is 0 Å². The maximum absolute atomic E-state index is 4.71. The fraction of sp³-hybridized carbons (Fsp3) is 0. The van der Waals surface area contributed by atoms with Crippen LogP contribution in [0.3, 0.4) is 0 Å². The van der Waals surface area contributed by atoms with Crippen LogP contribution in [0.15, 0.2) is 0 Å². The Labute approximate surface area is 67.7 Å². The average Bonchev–Trinajstić information content (AvgIpc) is 0.811. The van der Waals surface area contributed by atoms with Crippen molar-refractivity contribution in [3.63, 3.8) is 0 Å². The van der Waals surface area contributed by atoms with Crippen molar-refractivity contribution in [1.82, 2.24) is 0 Å². The van der Waals surface area contributed by atoms with E-state index in [2.05, 4.69) is 24.8 Å². The summed E-state index contributed by atoms with van der Waals surface area (Å²) in [5.74, 6) is 0. The monoisotopic (exact) mass is 191 g/mol. The summed E-state index contributed by atoms with van der Waals surface area (Å²) in [7, 11) is 0. The molecule has 0 aromatic carbocycles. The van der Waals surface area contributed by atoms with E-state index >= 15 is 0 Å². The zero-order chi connectivity index (χ0) is 3.58. The Morgan fingerprint density at radius 1 is 1.67 bits per heavy atom. The first-order valence-corrected chi connectivity index (χ1v) is 1.57. The molecule has 0 aliphatic heterocycles. The molecule has 0 unspecified atom stereocenters. The van der Waals surface area contributed by atoms with Gasteiger partial charge in [-0.2, -0.15) is 13.5 Å². The first-order chi connectivity index (χ1) is 1.73. The van der Waals surface area contributed by atoms with Crippen LogP contribution >= 0.6 is 38.3 Å². The fourth-order valence-electron chi connectivity index (χ4n) is 0. The van der Waals surface area contributed by atoms with Crippen molar-refractivity contribution in [3.05, 3.63) is 0 Å². The number of thiocarbonyl (C=S) groups is 1. The van der Waals surface area contributed by atoms with Crippen molar-refractivity contribution in [2.45, 2.75) is 0 Å². The van der Waals surface area contributed by atoms with Crippen LogP contribution in [-0.4, -0.2) is 4.32 Å². The Morgan fingerprint density at radius 3 is 1.67 bits per heavy atom. The second-order valence-electron chi connectivity index (χ2n) is 0.338. The topological polar surface area (TPSA) is 26.0 Å². The number of nitrogens with two attached hydrogens (primary N) is 1. The molecule has 0 spiro atoms. The van der Waals surface area contributed by atoms with E-state index in [-0.39, 0.29) is 37.3 Å². The summed E-state index contributed by atoms with van der Waals surface area (Å²) in [4.78, 5) is 0. The normalized spacial score (nSPS) is 4.17. The van der Waals surface area contributed by atoms with Crippen molar-refractivity contribution < 1.29 is 19.5 Å². The van der Waals surface area contributed by atoms with Crippen LogP contribution in [0.2, 0.25) is 0 Å². The zero-order valence-electron chi connectivity index (χ0n) is 3.14. The van der Waals surface area contributed by atoms with E-state index < -0.39 is 0 Å². The van der Waals surface area contributed by atoms with Gasteiger partial charge in [-0.15, -0.1) is 12.6 Å². The molecule has 0 fully saturated rings. The minimum Gasteiger partial charge on any atom is -0.385 e. The Bertz CT molecular complexity index is 33.8. The van der Waals surface area contributed by atoms with Gasteiger partial charge in [0.2, 0.25) is 0 Å². The number of hydrogen-bond acceptors (Lipinski definition) is 1. The zero-order valence-corrected chi connectivity index (χ0v) is 8.82. The number of rotatable bonds is 0. The summed E-state index contributed by atoms with van der Waals surface area (Å²) >= 11 is 7.65. The van der Waals surface area contributed by atoms with Gasteiger partial charge in [-0.05, 0) is 0 Å². The van der Waals surface area contributed by atoms with Crippen molar-refractivity contribution >= 4 is 42.7 Å². The molecular formula is CH5NS3Zn. The molecule has 0 saturated carbocycles. The third-order valence-electron chi connectivity index (χ3n) is 0. The molecule has 2 N–H and O–H groups in total. The van der Waals surface area contributed by atoms with Crippen molar-refractivity contribution in [2.75, 3.05) is 0 Å². The molecule has 5 heteroatoms. The van der Waals surface area contributed by atoms with Gasteiger partial charge in [0.1, 0.15) is 4.32 Å². The summed E-state index contributed by atoms with van der Waals surface area (Å²) in [5.41, 5.74) is 4.71. The second-order valence-corrected chi connectivity index (χ2v) is 1.56. The van der Waals surface area contributed by atoms with Gasteiger partial charge in [-0.1, -0.05) is 12.2 Å². The van der Waals surface area contributed by atoms with Crippen LogP contribution in [0, 0.1) is 0 Å². The molecule has 0 aromatic heterocycles. The third-order valence-corrected chi connectivity index (χ3v) is 0. The largest absolute Gasteiger partial charge is 0.385 e. The van der Waals surface area contributed by atoms with Crippen molar-refractivity contribution in [1.29, 1.82) is 0 Å². The van der Waals surface area contributed by atoms with Crippen LogP contribution in [0.25, 0.3) is 0 Å². The molecule has 6 heavy (non-hydrogen) atoms. The quantitative estimate of drug-likeness (QED) is 0.328. The SMILES string of the molecule is NC(=S)S.S.[Zn]. The summed E-state index contributed by atoms with van der Waals surface area (Å²) in [6.07, 6.45) is 0. The van der Waals surface area contributed by atoms with Crippen LogP contribution in [-0.2, 0) is 19.5 Å². The van der Waals surface area contributed by atoms with Gasteiger partial charge in [0.05, 0.1) is 0 Å². The minimum atomic E-state index is 0. The fourth-order valence-corrected chi connectivity index (χ4v) is 0. The Morgan fingerprint density at radius 2 is 1.67 bits per heavy atom. The van der Waals surface area contributed by atoms with Crippen molar-refractivity contribution in [3.8, 4) is 0 Å². The molecule has 0 bridgehead atoms. The van der Waals surface area contributed by atoms with Crippen LogP contribution in [0.1, 0.15) is 0 Å². The molecule has 34 valence electrons. The maximum atomic E-state index is 4.71. The predicted octanol–water partition coefficient (Wildman–Crippen LogP) is 0.270. The Balaban J connectivity index is -0.0000000450. The molecule has 0 atom stereocenters. The van der Waals surface area contributed by atoms with Crippen LogP contribution < -0.4 is 5.73 Å². The summed E-state index contributed by atoms with van der Waals surface area (Å²) in [6.45, 7) is 0. The molecule has 1 nitrogen and oxygen atoms in total. The summed E-state index contributed by atoms with van der Waals surface area (Å²) in [6, 6.07) is 0. The Kier molecular flexibility index (Phi) is 24.9. The minimum absolute atomic E-state index is 0. The third kappa shape index (κ3) is 62.9. The molecule has 0 saturated heterocycles. The van der Waals surface area contributed by atoms with Gasteiger partial charge in [0.15, 0.2) is 0 Å². The van der Waals surface area contributed by atoms with Crippen LogP contribution in [0.5, 0.6) is 0 Å². The van der Waals surface area contributed by atoms with Crippen LogP contribution in [0.4, 0.5) is 0 Å². The summed E-state index contributed by atoms with van der Waals surface area (Å²) < 4.78 is 0.194. The van der Waals surface area contributed by atoms with E-state index in [1.54, 1.807) is 0 Å². The molecule has 0 aliphatic rings. The van der Waals surface area contributed by atoms with Gasteiger partial charge < -0.3 is 5.73 Å².